The Morgan fingerprint density at radius 2 is 2.07 bits per heavy atom. The summed E-state index contributed by atoms with van der Waals surface area (Å²) in [6, 6.07) is 6.87. The largest absolute Gasteiger partial charge is 0.465 e. The van der Waals surface area contributed by atoms with E-state index < -0.39 is 5.97 Å². The summed E-state index contributed by atoms with van der Waals surface area (Å²) in [5.74, 6) is -0.167. The number of esters is 1. The third-order valence-electron chi connectivity index (χ3n) is 4.56. The molecule has 0 spiro atoms. The SMILES string of the molecule is COC(=O)c1cccc(Nc2cnc(C(=O)NCCC3=CCCCC3)cn2)c1. The Morgan fingerprint density at radius 3 is 2.79 bits per heavy atom. The smallest absolute Gasteiger partial charge is 0.337 e. The van der Waals surface area contributed by atoms with Gasteiger partial charge in [-0.3, -0.25) is 4.79 Å². The number of rotatable bonds is 7. The molecule has 0 bridgehead atoms. The van der Waals surface area contributed by atoms with E-state index in [2.05, 4.69) is 26.7 Å². The number of hydrogen-bond acceptors (Lipinski definition) is 6. The summed E-state index contributed by atoms with van der Waals surface area (Å²) in [5.41, 5.74) is 2.80. The molecule has 0 fully saturated rings. The first-order valence-electron chi connectivity index (χ1n) is 9.39. The van der Waals surface area contributed by atoms with Crippen LogP contribution in [0, 0.1) is 0 Å². The standard InChI is InChI=1S/C21H24N4O3/c1-28-21(27)16-8-5-9-17(12-16)25-19-14-23-18(13-24-19)20(26)22-11-10-15-6-3-2-4-7-15/h5-6,8-9,12-14H,2-4,7,10-11H2,1H3,(H,22,26)(H,24,25). The molecule has 2 aromatic rings. The van der Waals surface area contributed by atoms with Crippen LogP contribution in [0.25, 0.3) is 0 Å². The third kappa shape index (κ3) is 5.39. The molecule has 28 heavy (non-hydrogen) atoms. The highest BCUT2D eigenvalue weighted by Crippen LogP contribution is 2.19. The fourth-order valence-electron chi connectivity index (χ4n) is 3.06. The van der Waals surface area contributed by atoms with E-state index in [1.54, 1.807) is 24.3 Å². The quantitative estimate of drug-likeness (QED) is 0.563. The van der Waals surface area contributed by atoms with Crippen molar-refractivity contribution in [2.24, 2.45) is 0 Å². The Morgan fingerprint density at radius 1 is 1.18 bits per heavy atom. The van der Waals surface area contributed by atoms with Gasteiger partial charge in [0.25, 0.3) is 5.91 Å². The molecule has 7 heteroatoms. The molecular formula is C21H24N4O3. The van der Waals surface area contributed by atoms with Crippen LogP contribution < -0.4 is 10.6 Å². The van der Waals surface area contributed by atoms with Gasteiger partial charge in [0.05, 0.1) is 25.1 Å². The average Bonchev–Trinajstić information content (AvgIpc) is 2.74. The highest BCUT2D eigenvalue weighted by molar-refractivity contribution is 5.92. The van der Waals surface area contributed by atoms with Crippen molar-refractivity contribution in [1.29, 1.82) is 0 Å². The molecule has 1 aliphatic rings. The lowest BCUT2D eigenvalue weighted by atomic mass is 9.97. The molecule has 1 aromatic heterocycles. The Kier molecular flexibility index (Phi) is 6.73. The number of nitrogens with zero attached hydrogens (tertiary/aromatic N) is 2. The fraction of sp³-hybridized carbons (Fsp3) is 0.333. The number of allylic oxidation sites excluding steroid dienone is 1. The molecule has 0 radical (unpaired) electrons. The van der Waals surface area contributed by atoms with E-state index in [0.29, 0.717) is 23.6 Å². The molecule has 0 unspecified atom stereocenters. The van der Waals surface area contributed by atoms with Gasteiger partial charge in [0.2, 0.25) is 0 Å². The van der Waals surface area contributed by atoms with E-state index in [9.17, 15) is 9.59 Å². The van der Waals surface area contributed by atoms with E-state index in [0.717, 1.165) is 19.3 Å². The van der Waals surface area contributed by atoms with Crippen molar-refractivity contribution < 1.29 is 14.3 Å². The highest BCUT2D eigenvalue weighted by Gasteiger charge is 2.10. The Labute approximate surface area is 164 Å². The second-order valence-electron chi connectivity index (χ2n) is 6.60. The lowest BCUT2D eigenvalue weighted by molar-refractivity contribution is 0.0600. The van der Waals surface area contributed by atoms with Gasteiger partial charge in [-0.25, -0.2) is 14.8 Å². The molecule has 0 atom stereocenters. The van der Waals surface area contributed by atoms with E-state index in [1.165, 1.54) is 37.9 Å². The third-order valence-corrected chi connectivity index (χ3v) is 4.56. The van der Waals surface area contributed by atoms with Crippen molar-refractivity contribution in [1.82, 2.24) is 15.3 Å². The van der Waals surface area contributed by atoms with Gasteiger partial charge in [0, 0.05) is 12.2 Å². The lowest BCUT2D eigenvalue weighted by Gasteiger charge is -2.12. The number of nitrogens with one attached hydrogen (secondary N) is 2. The number of carbonyl (C=O) groups excluding carboxylic acids is 2. The minimum atomic E-state index is -0.411. The predicted octanol–water partition coefficient (Wildman–Crippen LogP) is 3.63. The molecular weight excluding hydrogens is 356 g/mol. The van der Waals surface area contributed by atoms with Gasteiger partial charge in [-0.2, -0.15) is 0 Å². The van der Waals surface area contributed by atoms with Crippen molar-refractivity contribution in [2.75, 3.05) is 19.0 Å². The van der Waals surface area contributed by atoms with E-state index in [4.69, 9.17) is 4.74 Å². The van der Waals surface area contributed by atoms with Crippen LogP contribution in [-0.2, 0) is 4.74 Å². The van der Waals surface area contributed by atoms with Crippen molar-refractivity contribution in [3.05, 3.63) is 59.6 Å². The average molecular weight is 380 g/mol. The molecule has 7 nitrogen and oxygen atoms in total. The fourth-order valence-corrected chi connectivity index (χ4v) is 3.06. The number of methoxy groups -OCH3 is 1. The summed E-state index contributed by atoms with van der Waals surface area (Å²) in [5, 5.41) is 5.94. The van der Waals surface area contributed by atoms with Crippen LogP contribution in [0.1, 0.15) is 53.0 Å². The Balaban J connectivity index is 1.53. The monoisotopic (exact) mass is 380 g/mol. The van der Waals surface area contributed by atoms with E-state index >= 15 is 0 Å². The Bertz CT molecular complexity index is 862. The van der Waals surface area contributed by atoms with Gasteiger partial charge in [-0.15, -0.1) is 0 Å². The zero-order valence-corrected chi connectivity index (χ0v) is 15.9. The number of aromatic nitrogens is 2. The summed E-state index contributed by atoms with van der Waals surface area (Å²) in [6.45, 7) is 0.604. The molecule has 146 valence electrons. The maximum atomic E-state index is 12.2. The molecule has 0 saturated carbocycles. The number of hydrogen-bond donors (Lipinski definition) is 2. The summed E-state index contributed by atoms with van der Waals surface area (Å²) in [7, 11) is 1.34. The maximum absolute atomic E-state index is 12.2. The highest BCUT2D eigenvalue weighted by atomic mass is 16.5. The molecule has 0 aliphatic heterocycles. The zero-order valence-electron chi connectivity index (χ0n) is 15.9. The Hall–Kier alpha value is -3.22. The maximum Gasteiger partial charge on any atom is 0.337 e. The summed E-state index contributed by atoms with van der Waals surface area (Å²) in [4.78, 5) is 32.2. The van der Waals surface area contributed by atoms with Gasteiger partial charge in [0.1, 0.15) is 11.5 Å². The second-order valence-corrected chi connectivity index (χ2v) is 6.60. The van der Waals surface area contributed by atoms with Gasteiger partial charge < -0.3 is 15.4 Å². The summed E-state index contributed by atoms with van der Waals surface area (Å²) >= 11 is 0. The second kappa shape index (κ2) is 9.64. The summed E-state index contributed by atoms with van der Waals surface area (Å²) in [6.07, 6.45) is 10.9. The molecule has 1 heterocycles. The minimum Gasteiger partial charge on any atom is -0.465 e. The van der Waals surface area contributed by atoms with Crippen LogP contribution in [0.15, 0.2) is 48.3 Å². The van der Waals surface area contributed by atoms with Gasteiger partial charge in [-0.05, 0) is 50.3 Å². The van der Waals surface area contributed by atoms with Gasteiger partial charge in [0.15, 0.2) is 0 Å². The topological polar surface area (TPSA) is 93.2 Å². The van der Waals surface area contributed by atoms with Crippen LogP contribution in [0.3, 0.4) is 0 Å². The van der Waals surface area contributed by atoms with Crippen LogP contribution in [0.5, 0.6) is 0 Å². The minimum absolute atomic E-state index is 0.233. The van der Waals surface area contributed by atoms with Crippen LogP contribution in [-0.4, -0.2) is 35.5 Å². The number of carbonyl (C=O) groups is 2. The number of benzene rings is 1. The molecule has 2 N–H and O–H groups in total. The van der Waals surface area contributed by atoms with Crippen molar-refractivity contribution in [3.63, 3.8) is 0 Å². The first kappa shape index (κ1) is 19.5. The molecule has 3 rings (SSSR count). The lowest BCUT2D eigenvalue weighted by Crippen LogP contribution is -2.26. The van der Waals surface area contributed by atoms with Crippen molar-refractivity contribution in [3.8, 4) is 0 Å². The molecule has 1 aliphatic carbocycles. The number of anilines is 2. The predicted molar refractivity (Wildman–Crippen MR) is 107 cm³/mol. The van der Waals surface area contributed by atoms with E-state index in [1.807, 2.05) is 0 Å². The van der Waals surface area contributed by atoms with Crippen molar-refractivity contribution >= 4 is 23.4 Å². The summed E-state index contributed by atoms with van der Waals surface area (Å²) < 4.78 is 4.71. The van der Waals surface area contributed by atoms with Crippen LogP contribution in [0.4, 0.5) is 11.5 Å². The van der Waals surface area contributed by atoms with Crippen molar-refractivity contribution in [2.45, 2.75) is 32.1 Å². The number of amides is 1. The first-order chi connectivity index (χ1) is 13.7. The van der Waals surface area contributed by atoms with Crippen LogP contribution >= 0.6 is 0 Å². The first-order valence-corrected chi connectivity index (χ1v) is 9.39. The zero-order chi connectivity index (χ0) is 19.8. The van der Waals surface area contributed by atoms with Gasteiger partial charge in [-0.1, -0.05) is 17.7 Å². The van der Waals surface area contributed by atoms with Crippen LogP contribution in [0.2, 0.25) is 0 Å². The molecule has 0 saturated heterocycles. The van der Waals surface area contributed by atoms with E-state index in [-0.39, 0.29) is 11.6 Å². The number of ether oxygens (including phenoxy) is 1. The molecule has 1 amide bonds. The molecule has 1 aromatic carbocycles. The normalized spacial score (nSPS) is 13.4. The van der Waals surface area contributed by atoms with Gasteiger partial charge >= 0.3 is 5.97 Å².